The highest BCUT2D eigenvalue weighted by Gasteiger charge is 2.22. The van der Waals surface area contributed by atoms with Crippen molar-refractivity contribution >= 4 is 97.3 Å². The third-order valence-corrected chi connectivity index (χ3v) is 11.1. The topological polar surface area (TPSA) is 13.1 Å². The SMILES string of the molecule is c1ccc2cc3c(cc2c1)oc1c(-c2ccc4ccc5cccc6ccc2c4c56)ccc(-c2ccc4ccc5cccc6ccc2c4c56)c13. The lowest BCUT2D eigenvalue weighted by atomic mass is 9.86. The lowest BCUT2D eigenvalue weighted by molar-refractivity contribution is 0.670. The van der Waals surface area contributed by atoms with Gasteiger partial charge in [0.1, 0.15) is 11.2 Å². The zero-order chi connectivity index (χ0) is 31.8. The van der Waals surface area contributed by atoms with Crippen molar-refractivity contribution in [3.8, 4) is 22.3 Å². The summed E-state index contributed by atoms with van der Waals surface area (Å²) in [5, 5.41) is 20.2. The van der Waals surface area contributed by atoms with E-state index in [4.69, 9.17) is 4.42 Å². The lowest BCUT2D eigenvalue weighted by Gasteiger charge is -2.16. The Kier molecular flexibility index (Phi) is 4.77. The first-order chi connectivity index (χ1) is 24.3. The molecule has 1 aromatic heterocycles. The van der Waals surface area contributed by atoms with E-state index in [0.717, 1.165) is 22.1 Å². The largest absolute Gasteiger partial charge is 0.455 e. The van der Waals surface area contributed by atoms with E-state index in [1.165, 1.54) is 97.5 Å². The van der Waals surface area contributed by atoms with Crippen LogP contribution in [0.2, 0.25) is 0 Å². The third-order valence-electron chi connectivity index (χ3n) is 11.1. The predicted octanol–water partition coefficient (Wildman–Crippen LogP) is 13.9. The van der Waals surface area contributed by atoms with Crippen molar-refractivity contribution < 1.29 is 4.42 Å². The van der Waals surface area contributed by atoms with Crippen LogP contribution in [0.1, 0.15) is 0 Å². The highest BCUT2D eigenvalue weighted by molar-refractivity contribution is 6.29. The zero-order valence-corrected chi connectivity index (χ0v) is 26.4. The maximum absolute atomic E-state index is 7.02. The molecule has 0 saturated carbocycles. The van der Waals surface area contributed by atoms with Gasteiger partial charge in [0.05, 0.1) is 0 Å². The van der Waals surface area contributed by atoms with Crippen LogP contribution in [0.25, 0.3) is 120 Å². The van der Waals surface area contributed by atoms with Gasteiger partial charge in [0, 0.05) is 16.3 Å². The maximum Gasteiger partial charge on any atom is 0.143 e. The molecule has 1 heteroatoms. The molecule has 0 amide bonds. The molecule has 0 unspecified atom stereocenters. The summed E-state index contributed by atoms with van der Waals surface area (Å²) in [5.74, 6) is 0. The lowest BCUT2D eigenvalue weighted by Crippen LogP contribution is -1.90. The molecule has 12 aromatic rings. The van der Waals surface area contributed by atoms with Crippen LogP contribution in [0.3, 0.4) is 0 Å². The first-order valence-corrected chi connectivity index (χ1v) is 17.0. The van der Waals surface area contributed by atoms with Crippen molar-refractivity contribution in [1.29, 1.82) is 0 Å². The van der Waals surface area contributed by atoms with Crippen LogP contribution in [0.4, 0.5) is 0 Å². The molecule has 0 N–H and O–H groups in total. The van der Waals surface area contributed by atoms with E-state index in [0.29, 0.717) is 0 Å². The van der Waals surface area contributed by atoms with Gasteiger partial charge in [-0.15, -0.1) is 0 Å². The summed E-state index contributed by atoms with van der Waals surface area (Å²) in [6.07, 6.45) is 0. The average Bonchev–Trinajstić information content (AvgIpc) is 3.53. The summed E-state index contributed by atoms with van der Waals surface area (Å²) in [6, 6.07) is 58.4. The summed E-state index contributed by atoms with van der Waals surface area (Å²) < 4.78 is 7.02. The average molecular weight is 619 g/mol. The van der Waals surface area contributed by atoms with Crippen LogP contribution in [-0.4, -0.2) is 0 Å². The minimum absolute atomic E-state index is 0.915. The van der Waals surface area contributed by atoms with E-state index in [2.05, 4.69) is 158 Å². The Morgan fingerprint density at radius 2 is 0.694 bits per heavy atom. The second kappa shape index (κ2) is 9.13. The van der Waals surface area contributed by atoms with Crippen molar-refractivity contribution in [2.45, 2.75) is 0 Å². The van der Waals surface area contributed by atoms with Crippen LogP contribution in [-0.2, 0) is 0 Å². The number of hydrogen-bond donors (Lipinski definition) is 0. The Balaban J connectivity index is 1.23. The first kappa shape index (κ1) is 25.6. The summed E-state index contributed by atoms with van der Waals surface area (Å²) >= 11 is 0. The molecule has 0 atom stereocenters. The molecule has 0 spiro atoms. The Hall–Kier alpha value is -6.44. The van der Waals surface area contributed by atoms with E-state index >= 15 is 0 Å². The quantitative estimate of drug-likeness (QED) is 0.176. The molecule has 0 saturated heterocycles. The molecule has 49 heavy (non-hydrogen) atoms. The Labute approximate surface area is 280 Å². The standard InChI is InChI=1S/C48H26O/c1-2-6-34-26-42-41(25-33(34)5-1)47-39(35-19-15-31-13-11-27-7-3-9-29-17-21-37(35)45(31)43(27)29)23-24-40(48(47)49-42)36-20-16-32-14-12-28-8-4-10-30-18-22-38(36)46(32)44(28)30/h1-26H. The fourth-order valence-corrected chi connectivity index (χ4v) is 8.94. The maximum atomic E-state index is 7.02. The van der Waals surface area contributed by atoms with Gasteiger partial charge in [-0.05, 0) is 110 Å². The van der Waals surface area contributed by atoms with Crippen LogP contribution in [0, 0.1) is 0 Å². The Morgan fingerprint density at radius 1 is 0.265 bits per heavy atom. The Bertz CT molecular complexity index is 3290. The predicted molar refractivity (Wildman–Crippen MR) is 210 cm³/mol. The van der Waals surface area contributed by atoms with Gasteiger partial charge in [0.15, 0.2) is 0 Å². The summed E-state index contributed by atoms with van der Waals surface area (Å²) in [6.45, 7) is 0. The van der Waals surface area contributed by atoms with Crippen molar-refractivity contribution in [2.75, 3.05) is 0 Å². The van der Waals surface area contributed by atoms with Gasteiger partial charge in [0.25, 0.3) is 0 Å². The van der Waals surface area contributed by atoms with Crippen LogP contribution in [0.15, 0.2) is 162 Å². The van der Waals surface area contributed by atoms with Crippen molar-refractivity contribution in [3.05, 3.63) is 158 Å². The molecule has 1 nitrogen and oxygen atoms in total. The van der Waals surface area contributed by atoms with Gasteiger partial charge in [-0.25, -0.2) is 0 Å². The van der Waals surface area contributed by atoms with Crippen molar-refractivity contribution in [1.82, 2.24) is 0 Å². The number of fused-ring (bicyclic) bond motifs is 4. The molecule has 0 aliphatic carbocycles. The molecule has 0 aliphatic heterocycles. The van der Waals surface area contributed by atoms with Crippen LogP contribution in [0.5, 0.6) is 0 Å². The monoisotopic (exact) mass is 618 g/mol. The first-order valence-electron chi connectivity index (χ1n) is 17.0. The number of rotatable bonds is 2. The molecular weight excluding hydrogens is 593 g/mol. The zero-order valence-electron chi connectivity index (χ0n) is 26.4. The smallest absolute Gasteiger partial charge is 0.143 e. The highest BCUT2D eigenvalue weighted by Crippen LogP contribution is 2.48. The van der Waals surface area contributed by atoms with E-state index in [1.54, 1.807) is 0 Å². The summed E-state index contributed by atoms with van der Waals surface area (Å²) in [7, 11) is 0. The molecule has 11 aromatic carbocycles. The fourth-order valence-electron chi connectivity index (χ4n) is 8.94. The van der Waals surface area contributed by atoms with E-state index in [1.807, 2.05) is 0 Å². The van der Waals surface area contributed by atoms with Gasteiger partial charge in [-0.1, -0.05) is 140 Å². The molecule has 224 valence electrons. The molecule has 12 rings (SSSR count). The second-order valence-electron chi connectivity index (χ2n) is 13.6. The van der Waals surface area contributed by atoms with Gasteiger partial charge < -0.3 is 4.42 Å². The van der Waals surface area contributed by atoms with Crippen LogP contribution >= 0.6 is 0 Å². The van der Waals surface area contributed by atoms with Crippen LogP contribution < -0.4 is 0 Å². The highest BCUT2D eigenvalue weighted by atomic mass is 16.3. The summed E-state index contributed by atoms with van der Waals surface area (Å²) in [5.41, 5.74) is 6.59. The molecule has 0 radical (unpaired) electrons. The van der Waals surface area contributed by atoms with E-state index < -0.39 is 0 Å². The van der Waals surface area contributed by atoms with Gasteiger partial charge in [-0.3, -0.25) is 0 Å². The molecule has 0 fully saturated rings. The van der Waals surface area contributed by atoms with Gasteiger partial charge in [0.2, 0.25) is 0 Å². The minimum atomic E-state index is 0.915. The van der Waals surface area contributed by atoms with E-state index in [9.17, 15) is 0 Å². The molecule has 0 bridgehead atoms. The number of furan rings is 1. The Morgan fingerprint density at radius 3 is 1.29 bits per heavy atom. The number of hydrogen-bond acceptors (Lipinski definition) is 1. The van der Waals surface area contributed by atoms with Crippen molar-refractivity contribution in [2.24, 2.45) is 0 Å². The fraction of sp³-hybridized carbons (Fsp3) is 0. The number of benzene rings is 11. The van der Waals surface area contributed by atoms with E-state index in [-0.39, 0.29) is 0 Å². The van der Waals surface area contributed by atoms with Gasteiger partial charge >= 0.3 is 0 Å². The third kappa shape index (κ3) is 3.34. The molecule has 1 heterocycles. The second-order valence-corrected chi connectivity index (χ2v) is 13.6. The molecular formula is C48H26O. The molecule has 0 aliphatic rings. The van der Waals surface area contributed by atoms with Crippen molar-refractivity contribution in [3.63, 3.8) is 0 Å². The van der Waals surface area contributed by atoms with Gasteiger partial charge in [-0.2, -0.15) is 0 Å². The summed E-state index contributed by atoms with van der Waals surface area (Å²) in [4.78, 5) is 0. The normalized spacial score (nSPS) is 12.5. The minimum Gasteiger partial charge on any atom is -0.455 e.